The monoisotopic (exact) mass is 382 g/mol. The Labute approximate surface area is 164 Å². The summed E-state index contributed by atoms with van der Waals surface area (Å²) in [7, 11) is 0. The van der Waals surface area contributed by atoms with Crippen LogP contribution in [0.15, 0.2) is 24.3 Å². The third-order valence-corrected chi connectivity index (χ3v) is 6.43. The molecule has 0 saturated heterocycles. The molecule has 0 amide bonds. The van der Waals surface area contributed by atoms with Crippen LogP contribution in [0.4, 0.5) is 0 Å². The van der Waals surface area contributed by atoms with E-state index in [4.69, 9.17) is 10.2 Å². The number of thioether (sulfide) groups is 1. The van der Waals surface area contributed by atoms with Crippen LogP contribution in [-0.4, -0.2) is 33.8 Å². The number of carboxylic acids is 1. The molecule has 150 valence electrons. The average Bonchev–Trinajstić information content (AvgIpc) is 3.06. The first kappa shape index (κ1) is 23.3. The highest BCUT2D eigenvalue weighted by atomic mass is 32.2. The highest BCUT2D eigenvalue weighted by Gasteiger charge is 2.23. The Kier molecular flexibility index (Phi) is 13.7. The van der Waals surface area contributed by atoms with E-state index in [-0.39, 0.29) is 18.3 Å². The molecule has 4 heteroatoms. The quantitative estimate of drug-likeness (QED) is 0.276. The first-order chi connectivity index (χ1) is 12.7. The van der Waals surface area contributed by atoms with Crippen molar-refractivity contribution in [3.8, 4) is 0 Å². The zero-order valence-corrected chi connectivity index (χ0v) is 17.3. The number of aliphatic carboxylic acids is 1. The van der Waals surface area contributed by atoms with E-state index in [1.807, 2.05) is 0 Å². The van der Waals surface area contributed by atoms with Crippen LogP contribution >= 0.6 is 11.8 Å². The molecule has 0 aromatic carbocycles. The normalized spacial score (nSPS) is 21.8. The molecular weight excluding hydrogens is 344 g/mol. The number of aliphatic hydroxyl groups excluding tert-OH is 1. The Morgan fingerprint density at radius 1 is 1.19 bits per heavy atom. The zero-order valence-electron chi connectivity index (χ0n) is 16.4. The molecule has 0 bridgehead atoms. The third-order valence-electron chi connectivity index (χ3n) is 5.18. The van der Waals surface area contributed by atoms with Gasteiger partial charge in [-0.25, -0.2) is 0 Å². The summed E-state index contributed by atoms with van der Waals surface area (Å²) in [6.07, 6.45) is 21.8. The number of unbranched alkanes of at least 4 members (excludes halogenated alkanes) is 4. The Hall–Kier alpha value is -0.740. The van der Waals surface area contributed by atoms with Crippen LogP contribution in [0.5, 0.6) is 0 Å². The standard InChI is InChI=1S/C22H38O3S/c1-2-3-4-5-6-7-11-19-13-10-14-20(19)12-8-9-15-21(18-22(24)25)26-17-16-23/h7-9,11,19-21,23H,2-6,10,12-18H2,1H3,(H,24,25)/b9-8-,11-7+/t19-,20-,21?/m0/s1. The second-order valence-electron chi connectivity index (χ2n) is 7.39. The molecule has 0 radical (unpaired) electrons. The van der Waals surface area contributed by atoms with Gasteiger partial charge in [0.15, 0.2) is 0 Å². The van der Waals surface area contributed by atoms with Gasteiger partial charge in [0.25, 0.3) is 0 Å². The van der Waals surface area contributed by atoms with E-state index in [0.29, 0.717) is 5.75 Å². The van der Waals surface area contributed by atoms with Gasteiger partial charge in [-0.05, 0) is 50.4 Å². The van der Waals surface area contributed by atoms with Gasteiger partial charge in [-0.3, -0.25) is 4.79 Å². The van der Waals surface area contributed by atoms with Crippen molar-refractivity contribution in [1.82, 2.24) is 0 Å². The van der Waals surface area contributed by atoms with Gasteiger partial charge in [0.05, 0.1) is 13.0 Å². The van der Waals surface area contributed by atoms with E-state index in [2.05, 4.69) is 31.2 Å². The molecule has 1 aliphatic rings. The van der Waals surface area contributed by atoms with Crippen LogP contribution in [0.2, 0.25) is 0 Å². The summed E-state index contributed by atoms with van der Waals surface area (Å²) in [6.45, 7) is 2.36. The second kappa shape index (κ2) is 15.3. The smallest absolute Gasteiger partial charge is 0.304 e. The molecule has 1 rings (SSSR count). The van der Waals surface area contributed by atoms with Gasteiger partial charge >= 0.3 is 5.97 Å². The third kappa shape index (κ3) is 11.1. The molecule has 26 heavy (non-hydrogen) atoms. The number of hydrogen-bond acceptors (Lipinski definition) is 3. The minimum Gasteiger partial charge on any atom is -0.481 e. The fourth-order valence-electron chi connectivity index (χ4n) is 3.71. The summed E-state index contributed by atoms with van der Waals surface area (Å²) < 4.78 is 0. The van der Waals surface area contributed by atoms with E-state index >= 15 is 0 Å². The molecule has 3 nitrogen and oxygen atoms in total. The predicted molar refractivity (Wildman–Crippen MR) is 113 cm³/mol. The summed E-state index contributed by atoms with van der Waals surface area (Å²) in [5, 5.41) is 18.0. The molecule has 3 atom stereocenters. The molecule has 0 spiro atoms. The molecule has 1 unspecified atom stereocenters. The summed E-state index contributed by atoms with van der Waals surface area (Å²) in [4.78, 5) is 10.9. The molecule has 0 aromatic rings. The SMILES string of the molecule is CCCCCC/C=C/[C@H]1CCC[C@@H]1C/C=C\CC(CC(=O)O)SCCO. The van der Waals surface area contributed by atoms with Crippen molar-refractivity contribution in [2.75, 3.05) is 12.4 Å². The summed E-state index contributed by atoms with van der Waals surface area (Å²) in [5.74, 6) is 1.33. The van der Waals surface area contributed by atoms with Crippen LogP contribution in [-0.2, 0) is 4.79 Å². The minimum atomic E-state index is -0.756. The van der Waals surface area contributed by atoms with Crippen LogP contribution in [0.25, 0.3) is 0 Å². The average molecular weight is 383 g/mol. The number of carboxylic acid groups (broad SMARTS) is 1. The van der Waals surface area contributed by atoms with Crippen LogP contribution < -0.4 is 0 Å². The molecule has 0 heterocycles. The highest BCUT2D eigenvalue weighted by Crippen LogP contribution is 2.35. The van der Waals surface area contributed by atoms with Gasteiger partial charge in [-0.1, -0.05) is 56.9 Å². The summed E-state index contributed by atoms with van der Waals surface area (Å²) in [6, 6.07) is 0. The molecule has 1 fully saturated rings. The van der Waals surface area contributed by atoms with Gasteiger partial charge in [0.2, 0.25) is 0 Å². The van der Waals surface area contributed by atoms with Gasteiger partial charge in [0, 0.05) is 11.0 Å². The van der Waals surface area contributed by atoms with Crippen LogP contribution in [0.3, 0.4) is 0 Å². The van der Waals surface area contributed by atoms with Crippen molar-refractivity contribution in [1.29, 1.82) is 0 Å². The Morgan fingerprint density at radius 3 is 2.77 bits per heavy atom. The molecule has 0 aliphatic heterocycles. The molecule has 2 N–H and O–H groups in total. The van der Waals surface area contributed by atoms with E-state index < -0.39 is 5.97 Å². The summed E-state index contributed by atoms with van der Waals surface area (Å²) >= 11 is 1.56. The first-order valence-electron chi connectivity index (χ1n) is 10.4. The fourth-order valence-corrected chi connectivity index (χ4v) is 4.66. The first-order valence-corrected chi connectivity index (χ1v) is 11.5. The maximum Gasteiger partial charge on any atom is 0.304 e. The van der Waals surface area contributed by atoms with Gasteiger partial charge < -0.3 is 10.2 Å². The van der Waals surface area contributed by atoms with E-state index in [1.165, 1.54) is 51.4 Å². The van der Waals surface area contributed by atoms with Crippen molar-refractivity contribution in [3.63, 3.8) is 0 Å². The Morgan fingerprint density at radius 2 is 2.04 bits per heavy atom. The highest BCUT2D eigenvalue weighted by molar-refractivity contribution is 7.99. The van der Waals surface area contributed by atoms with Gasteiger partial charge in [-0.15, -0.1) is 0 Å². The lowest BCUT2D eigenvalue weighted by atomic mass is 9.92. The number of aliphatic hydroxyl groups is 1. The lowest BCUT2D eigenvalue weighted by Crippen LogP contribution is -2.10. The molecule has 0 aromatic heterocycles. The van der Waals surface area contributed by atoms with Crippen molar-refractivity contribution >= 4 is 17.7 Å². The second-order valence-corrected chi connectivity index (χ2v) is 8.80. The number of rotatable bonds is 15. The Balaban J connectivity index is 2.30. The number of hydrogen-bond donors (Lipinski definition) is 2. The molecular formula is C22H38O3S. The maximum atomic E-state index is 10.9. The van der Waals surface area contributed by atoms with E-state index in [0.717, 1.165) is 24.7 Å². The van der Waals surface area contributed by atoms with Gasteiger partial charge in [0.1, 0.15) is 0 Å². The summed E-state index contributed by atoms with van der Waals surface area (Å²) in [5.41, 5.74) is 0. The topological polar surface area (TPSA) is 57.5 Å². The van der Waals surface area contributed by atoms with Gasteiger partial charge in [-0.2, -0.15) is 11.8 Å². The van der Waals surface area contributed by atoms with Crippen LogP contribution in [0.1, 0.15) is 77.6 Å². The number of allylic oxidation sites excluding steroid dienone is 4. The molecule has 1 aliphatic carbocycles. The predicted octanol–water partition coefficient (Wildman–Crippen LogP) is 5.83. The fraction of sp³-hybridized carbons (Fsp3) is 0.773. The zero-order chi connectivity index (χ0) is 19.0. The minimum absolute atomic E-state index is 0.0679. The largest absolute Gasteiger partial charge is 0.481 e. The number of carbonyl (C=O) groups is 1. The van der Waals surface area contributed by atoms with E-state index in [9.17, 15) is 4.79 Å². The van der Waals surface area contributed by atoms with E-state index in [1.54, 1.807) is 11.8 Å². The Bertz CT molecular complexity index is 420. The lowest BCUT2D eigenvalue weighted by molar-refractivity contribution is -0.136. The maximum absolute atomic E-state index is 10.9. The van der Waals surface area contributed by atoms with Crippen molar-refractivity contribution in [3.05, 3.63) is 24.3 Å². The van der Waals surface area contributed by atoms with Crippen molar-refractivity contribution in [2.24, 2.45) is 11.8 Å². The van der Waals surface area contributed by atoms with Crippen molar-refractivity contribution in [2.45, 2.75) is 82.8 Å². The lowest BCUT2D eigenvalue weighted by Gasteiger charge is -2.15. The van der Waals surface area contributed by atoms with Crippen LogP contribution in [0, 0.1) is 11.8 Å². The van der Waals surface area contributed by atoms with Crippen molar-refractivity contribution < 1.29 is 15.0 Å². The molecule has 1 saturated carbocycles.